The summed E-state index contributed by atoms with van der Waals surface area (Å²) in [6, 6.07) is 33.1. The number of aliphatic hydroxyl groups is 1. The molecule has 1 aromatic heterocycles. The molecular formula is C39H43N5O4. The molecule has 6 N–H and O–H groups in total. The average Bonchev–Trinajstić information content (AvgIpc) is 3.10. The van der Waals surface area contributed by atoms with Gasteiger partial charge in [-0.2, -0.15) is 0 Å². The summed E-state index contributed by atoms with van der Waals surface area (Å²) in [5.41, 5.74) is 11.0. The van der Waals surface area contributed by atoms with E-state index in [9.17, 15) is 14.7 Å². The Balaban J connectivity index is 0.990. The first kappa shape index (κ1) is 34.3. The summed E-state index contributed by atoms with van der Waals surface area (Å²) >= 11 is 0. The van der Waals surface area contributed by atoms with Gasteiger partial charge < -0.3 is 31.5 Å². The molecule has 0 saturated carbocycles. The highest BCUT2D eigenvalue weighted by Crippen LogP contribution is 2.19. The highest BCUT2D eigenvalue weighted by molar-refractivity contribution is 5.94. The van der Waals surface area contributed by atoms with Gasteiger partial charge in [-0.15, -0.1) is 0 Å². The van der Waals surface area contributed by atoms with Crippen molar-refractivity contribution >= 4 is 28.4 Å². The lowest BCUT2D eigenvalue weighted by Gasteiger charge is -2.18. The number of amides is 2. The van der Waals surface area contributed by atoms with Crippen molar-refractivity contribution in [2.45, 2.75) is 45.1 Å². The maximum absolute atomic E-state index is 12.7. The van der Waals surface area contributed by atoms with Gasteiger partial charge in [-0.1, -0.05) is 84.9 Å². The molecule has 0 spiro atoms. The van der Waals surface area contributed by atoms with Crippen LogP contribution >= 0.6 is 0 Å². The van der Waals surface area contributed by atoms with E-state index in [2.05, 4.69) is 52.1 Å². The van der Waals surface area contributed by atoms with Crippen LogP contribution < -0.4 is 21.7 Å². The summed E-state index contributed by atoms with van der Waals surface area (Å²) in [4.78, 5) is 29.4. The molecular weight excluding hydrogens is 602 g/mol. The number of nitrogens with two attached hydrogens (primary N) is 1. The number of carbonyl (C=O) groups excluding carboxylic acids is 2. The van der Waals surface area contributed by atoms with Crippen LogP contribution in [0.3, 0.4) is 0 Å². The molecule has 2 atom stereocenters. The maximum atomic E-state index is 12.7. The van der Waals surface area contributed by atoms with E-state index in [0.717, 1.165) is 28.7 Å². The Kier molecular flexibility index (Phi) is 12.3. The molecule has 1 heterocycles. The SMILES string of the molecule is C[C@H](Cc1cccc(CC(=O)NCc2ccc(C(=O)NCCOCc3cccc4ccccc34)cc2)c1)NC[C@H](O)c1ccc(N)nc1. The summed E-state index contributed by atoms with van der Waals surface area (Å²) in [5.74, 6) is 0.172. The number of nitrogens with zero attached hydrogens (tertiary/aromatic N) is 1. The topological polar surface area (TPSA) is 139 Å². The van der Waals surface area contributed by atoms with Gasteiger partial charge in [0.1, 0.15) is 5.82 Å². The third-order valence-corrected chi connectivity index (χ3v) is 8.13. The Morgan fingerprint density at radius 3 is 2.46 bits per heavy atom. The van der Waals surface area contributed by atoms with Crippen LogP contribution in [0.25, 0.3) is 10.8 Å². The van der Waals surface area contributed by atoms with Gasteiger partial charge in [-0.25, -0.2) is 4.98 Å². The lowest BCUT2D eigenvalue weighted by atomic mass is 10.0. The molecule has 9 nitrogen and oxygen atoms in total. The highest BCUT2D eigenvalue weighted by atomic mass is 16.5. The highest BCUT2D eigenvalue weighted by Gasteiger charge is 2.12. The molecule has 0 unspecified atom stereocenters. The molecule has 5 aromatic rings. The minimum Gasteiger partial charge on any atom is -0.387 e. The summed E-state index contributed by atoms with van der Waals surface area (Å²) in [5, 5.41) is 22.0. The van der Waals surface area contributed by atoms with E-state index in [1.807, 2.05) is 54.6 Å². The maximum Gasteiger partial charge on any atom is 0.251 e. The van der Waals surface area contributed by atoms with E-state index in [0.29, 0.717) is 49.8 Å². The molecule has 2 amide bonds. The molecule has 0 radical (unpaired) electrons. The third kappa shape index (κ3) is 10.2. The largest absolute Gasteiger partial charge is 0.387 e. The van der Waals surface area contributed by atoms with Crippen LogP contribution in [0.4, 0.5) is 5.82 Å². The Morgan fingerprint density at radius 1 is 0.875 bits per heavy atom. The van der Waals surface area contributed by atoms with Crippen LogP contribution in [-0.4, -0.2) is 47.6 Å². The summed E-state index contributed by atoms with van der Waals surface area (Å²) < 4.78 is 5.82. The minimum atomic E-state index is -0.679. The van der Waals surface area contributed by atoms with Gasteiger partial charge in [0.25, 0.3) is 5.91 Å². The van der Waals surface area contributed by atoms with Crippen molar-refractivity contribution in [3.63, 3.8) is 0 Å². The summed E-state index contributed by atoms with van der Waals surface area (Å²) in [7, 11) is 0. The van der Waals surface area contributed by atoms with Crippen LogP contribution in [0, 0.1) is 0 Å². The molecule has 0 aliphatic rings. The van der Waals surface area contributed by atoms with Crippen molar-refractivity contribution in [3.05, 3.63) is 143 Å². The molecule has 4 aromatic carbocycles. The number of nitrogens with one attached hydrogen (secondary N) is 3. The van der Waals surface area contributed by atoms with E-state index in [4.69, 9.17) is 10.5 Å². The van der Waals surface area contributed by atoms with Gasteiger partial charge in [0, 0.05) is 43.0 Å². The van der Waals surface area contributed by atoms with E-state index in [-0.39, 0.29) is 24.3 Å². The fourth-order valence-corrected chi connectivity index (χ4v) is 5.50. The number of rotatable bonds is 16. The Morgan fingerprint density at radius 2 is 1.65 bits per heavy atom. The van der Waals surface area contributed by atoms with Gasteiger partial charge in [-0.3, -0.25) is 9.59 Å². The minimum absolute atomic E-state index is 0.0797. The molecule has 0 saturated heterocycles. The molecule has 0 fully saturated rings. The first-order valence-corrected chi connectivity index (χ1v) is 16.2. The lowest BCUT2D eigenvalue weighted by Crippen LogP contribution is -2.32. The third-order valence-electron chi connectivity index (χ3n) is 8.13. The summed E-state index contributed by atoms with van der Waals surface area (Å²) in [6.07, 6.45) is 1.92. The number of nitrogen functional groups attached to an aromatic ring is 1. The van der Waals surface area contributed by atoms with Gasteiger partial charge in [0.05, 0.1) is 25.7 Å². The number of hydrogen-bond acceptors (Lipinski definition) is 7. The first-order chi connectivity index (χ1) is 23.3. The van der Waals surface area contributed by atoms with E-state index in [1.165, 1.54) is 10.8 Å². The quantitative estimate of drug-likeness (QED) is 0.0965. The van der Waals surface area contributed by atoms with Gasteiger partial charge in [0.15, 0.2) is 0 Å². The Hall–Kier alpha value is -5.09. The number of anilines is 1. The number of pyridine rings is 1. The molecule has 48 heavy (non-hydrogen) atoms. The monoisotopic (exact) mass is 645 g/mol. The normalized spacial score (nSPS) is 12.4. The molecule has 248 valence electrons. The predicted molar refractivity (Wildman–Crippen MR) is 189 cm³/mol. The van der Waals surface area contributed by atoms with Crippen LogP contribution in [0.5, 0.6) is 0 Å². The second kappa shape index (κ2) is 17.2. The van der Waals surface area contributed by atoms with Crippen molar-refractivity contribution < 1.29 is 19.4 Å². The van der Waals surface area contributed by atoms with Crippen molar-refractivity contribution in [1.82, 2.24) is 20.9 Å². The molecule has 5 rings (SSSR count). The number of carbonyl (C=O) groups is 2. The van der Waals surface area contributed by atoms with E-state index in [1.54, 1.807) is 30.5 Å². The Labute approximate surface area is 281 Å². The fourth-order valence-electron chi connectivity index (χ4n) is 5.50. The van der Waals surface area contributed by atoms with Gasteiger partial charge in [0.2, 0.25) is 5.91 Å². The summed E-state index contributed by atoms with van der Waals surface area (Å²) in [6.45, 7) is 4.12. The fraction of sp³-hybridized carbons (Fsp3) is 0.256. The zero-order chi connectivity index (χ0) is 33.7. The van der Waals surface area contributed by atoms with Gasteiger partial charge >= 0.3 is 0 Å². The number of benzene rings is 4. The van der Waals surface area contributed by atoms with Crippen LogP contribution in [-0.2, 0) is 35.5 Å². The number of aromatic nitrogens is 1. The molecule has 0 aliphatic carbocycles. The number of ether oxygens (including phenoxy) is 1. The average molecular weight is 646 g/mol. The zero-order valence-corrected chi connectivity index (χ0v) is 27.2. The van der Waals surface area contributed by atoms with Crippen LogP contribution in [0.15, 0.2) is 109 Å². The van der Waals surface area contributed by atoms with E-state index >= 15 is 0 Å². The van der Waals surface area contributed by atoms with Crippen LogP contribution in [0.2, 0.25) is 0 Å². The standard InChI is InChI=1S/C39H43N5O4/c1-27(42-25-36(45)33-16-17-37(40)43-24-33)20-29-6-4-7-30(21-29)22-38(46)44-23-28-12-14-32(15-13-28)39(47)41-18-19-48-26-34-10-5-9-31-8-2-3-11-35(31)34/h2-17,21,24,27,36,42,45H,18-20,22-23,25-26H2,1H3,(H2,40,43)(H,41,47)(H,44,46)/t27-,36+/m1/s1. The number of fused-ring (bicyclic) bond motifs is 1. The molecule has 0 aliphatic heterocycles. The Bertz CT molecular complexity index is 1790. The number of aliphatic hydroxyl groups excluding tert-OH is 1. The lowest BCUT2D eigenvalue weighted by molar-refractivity contribution is -0.120. The van der Waals surface area contributed by atoms with Gasteiger partial charge in [-0.05, 0) is 64.6 Å². The van der Waals surface area contributed by atoms with E-state index < -0.39 is 6.10 Å². The van der Waals surface area contributed by atoms with Crippen molar-refractivity contribution in [2.24, 2.45) is 0 Å². The zero-order valence-electron chi connectivity index (χ0n) is 27.2. The number of hydrogen-bond donors (Lipinski definition) is 5. The predicted octanol–water partition coefficient (Wildman–Crippen LogP) is 4.88. The van der Waals surface area contributed by atoms with Crippen LogP contribution in [0.1, 0.15) is 51.2 Å². The molecule has 9 heteroatoms. The second-order valence-electron chi connectivity index (χ2n) is 12.0. The second-order valence-corrected chi connectivity index (χ2v) is 12.0. The van der Waals surface area contributed by atoms with Crippen molar-refractivity contribution in [1.29, 1.82) is 0 Å². The molecule has 0 bridgehead atoms. The smallest absolute Gasteiger partial charge is 0.251 e. The van der Waals surface area contributed by atoms with Crippen molar-refractivity contribution in [3.8, 4) is 0 Å². The van der Waals surface area contributed by atoms with Crippen molar-refractivity contribution in [2.75, 3.05) is 25.4 Å². The first-order valence-electron chi connectivity index (χ1n) is 16.2.